The van der Waals surface area contributed by atoms with Crippen molar-refractivity contribution in [3.8, 4) is 0 Å². The zero-order chi connectivity index (χ0) is 18.8. The van der Waals surface area contributed by atoms with Gasteiger partial charge in [-0.25, -0.2) is 10.4 Å². The molecule has 1 saturated heterocycles. The highest BCUT2D eigenvalue weighted by atomic mass is 16.1. The van der Waals surface area contributed by atoms with Crippen LogP contribution in [0.2, 0.25) is 0 Å². The average Bonchev–Trinajstić information content (AvgIpc) is 3.37. The van der Waals surface area contributed by atoms with E-state index < -0.39 is 0 Å². The number of hydrogen-bond donors (Lipinski definition) is 4. The predicted octanol–water partition coefficient (Wildman–Crippen LogP) is 1.66. The Balaban J connectivity index is 1.45. The van der Waals surface area contributed by atoms with E-state index in [0.717, 1.165) is 50.0 Å². The van der Waals surface area contributed by atoms with Crippen LogP contribution in [0.1, 0.15) is 48.9 Å². The van der Waals surface area contributed by atoms with Crippen LogP contribution in [0.5, 0.6) is 0 Å². The molecule has 0 spiro atoms. The molecule has 0 bridgehead atoms. The third-order valence-electron chi connectivity index (χ3n) is 5.85. The van der Waals surface area contributed by atoms with E-state index in [-0.39, 0.29) is 17.9 Å². The van der Waals surface area contributed by atoms with Gasteiger partial charge in [0.2, 0.25) is 0 Å². The third-order valence-corrected chi connectivity index (χ3v) is 5.85. The van der Waals surface area contributed by atoms with Gasteiger partial charge in [-0.3, -0.25) is 10.2 Å². The second-order valence-corrected chi connectivity index (χ2v) is 7.55. The second-order valence-electron chi connectivity index (χ2n) is 7.55. The van der Waals surface area contributed by atoms with Crippen LogP contribution in [0, 0.1) is 11.3 Å². The molecule has 3 heterocycles. The van der Waals surface area contributed by atoms with Crippen molar-refractivity contribution in [1.82, 2.24) is 20.4 Å². The maximum atomic E-state index is 12.8. The van der Waals surface area contributed by atoms with Gasteiger partial charge in [0.05, 0.1) is 17.3 Å². The fourth-order valence-corrected chi connectivity index (χ4v) is 4.22. The Hall–Kier alpha value is -2.61. The molecule has 1 saturated carbocycles. The molecular weight excluding hydrogens is 342 g/mol. The Bertz CT molecular complexity index is 832. The molecule has 5 N–H and O–H groups in total. The topological polar surface area (TPSA) is 112 Å². The summed E-state index contributed by atoms with van der Waals surface area (Å²) in [5, 5.41) is 15.3. The molecule has 2 aromatic heterocycles. The lowest BCUT2D eigenvalue weighted by Crippen LogP contribution is -2.42. The number of pyridine rings is 1. The maximum Gasteiger partial charge on any atom is 0.255 e. The van der Waals surface area contributed by atoms with E-state index >= 15 is 0 Å². The lowest BCUT2D eigenvalue weighted by molar-refractivity contribution is 0.0927. The van der Waals surface area contributed by atoms with Crippen LogP contribution in [-0.4, -0.2) is 40.5 Å². The minimum Gasteiger partial charge on any atom is -0.371 e. The summed E-state index contributed by atoms with van der Waals surface area (Å²) in [5.74, 6) is 5.82. The molecule has 1 aliphatic carbocycles. The molecule has 144 valence electrons. The fraction of sp³-hybridized carbons (Fsp3) is 0.526. The summed E-state index contributed by atoms with van der Waals surface area (Å²) in [7, 11) is 0. The Morgan fingerprint density at radius 2 is 1.96 bits per heavy atom. The average molecular weight is 369 g/mol. The van der Waals surface area contributed by atoms with Crippen molar-refractivity contribution >= 4 is 22.9 Å². The summed E-state index contributed by atoms with van der Waals surface area (Å²) >= 11 is 0. The number of nitrogens with zero attached hydrogens (tertiary/aromatic N) is 3. The number of amidine groups is 1. The van der Waals surface area contributed by atoms with E-state index in [1.54, 1.807) is 10.7 Å². The van der Waals surface area contributed by atoms with Gasteiger partial charge in [0.25, 0.3) is 5.91 Å². The Labute approximate surface area is 158 Å². The predicted molar refractivity (Wildman–Crippen MR) is 105 cm³/mol. The molecule has 27 heavy (non-hydrogen) atoms. The first-order chi connectivity index (χ1) is 13.2. The quantitative estimate of drug-likeness (QED) is 0.283. The first-order valence-corrected chi connectivity index (χ1v) is 9.74. The molecule has 0 atom stereocenters. The van der Waals surface area contributed by atoms with E-state index in [9.17, 15) is 4.79 Å². The molecule has 8 nitrogen and oxygen atoms in total. The van der Waals surface area contributed by atoms with Gasteiger partial charge >= 0.3 is 0 Å². The fourth-order valence-electron chi connectivity index (χ4n) is 4.22. The minimum atomic E-state index is -0.0703. The van der Waals surface area contributed by atoms with Crippen LogP contribution in [-0.2, 0) is 0 Å². The van der Waals surface area contributed by atoms with Crippen molar-refractivity contribution in [2.75, 3.05) is 18.0 Å². The zero-order valence-electron chi connectivity index (χ0n) is 15.4. The molecule has 0 unspecified atom stereocenters. The highest BCUT2D eigenvalue weighted by molar-refractivity contribution is 6.01. The number of nitrogens with two attached hydrogens (primary N) is 1. The van der Waals surface area contributed by atoms with Gasteiger partial charge in [-0.05, 0) is 50.7 Å². The summed E-state index contributed by atoms with van der Waals surface area (Å²) in [6.07, 6.45) is 9.46. The molecule has 4 rings (SSSR count). The van der Waals surface area contributed by atoms with Crippen LogP contribution >= 0.6 is 0 Å². The first-order valence-electron chi connectivity index (χ1n) is 9.74. The lowest BCUT2D eigenvalue weighted by Gasteiger charge is -2.29. The van der Waals surface area contributed by atoms with E-state index in [4.69, 9.17) is 11.3 Å². The van der Waals surface area contributed by atoms with Crippen LogP contribution in [0.25, 0.3) is 5.52 Å². The van der Waals surface area contributed by atoms with E-state index in [1.165, 1.54) is 12.8 Å². The van der Waals surface area contributed by atoms with Gasteiger partial charge in [0.1, 0.15) is 5.84 Å². The van der Waals surface area contributed by atoms with Gasteiger partial charge < -0.3 is 15.6 Å². The van der Waals surface area contributed by atoms with Crippen molar-refractivity contribution in [3.05, 3.63) is 30.1 Å². The smallest absolute Gasteiger partial charge is 0.255 e. The summed E-state index contributed by atoms with van der Waals surface area (Å²) < 4.78 is 1.76. The van der Waals surface area contributed by atoms with Crippen LogP contribution in [0.4, 0.5) is 5.69 Å². The molecular formula is C19H27N7O. The number of hydrazine groups is 1. The zero-order valence-corrected chi connectivity index (χ0v) is 15.4. The van der Waals surface area contributed by atoms with Gasteiger partial charge in [-0.2, -0.15) is 5.10 Å². The number of fused-ring (bicyclic) bond motifs is 1. The maximum absolute atomic E-state index is 12.8. The minimum absolute atomic E-state index is 0.0703. The number of hydrogen-bond acceptors (Lipinski definition) is 5. The van der Waals surface area contributed by atoms with Crippen molar-refractivity contribution in [2.24, 2.45) is 11.8 Å². The van der Waals surface area contributed by atoms with Crippen LogP contribution in [0.15, 0.2) is 24.5 Å². The molecule has 0 aromatic carbocycles. The van der Waals surface area contributed by atoms with Crippen molar-refractivity contribution in [1.29, 1.82) is 5.41 Å². The van der Waals surface area contributed by atoms with Gasteiger partial charge in [0, 0.05) is 36.9 Å². The molecule has 2 fully saturated rings. The van der Waals surface area contributed by atoms with Gasteiger partial charge in [0.15, 0.2) is 0 Å². The molecule has 2 aliphatic rings. The number of carbonyl (C=O) groups excluding carboxylic acids is 1. The summed E-state index contributed by atoms with van der Waals surface area (Å²) in [4.78, 5) is 15.2. The van der Waals surface area contributed by atoms with Gasteiger partial charge in [-0.1, -0.05) is 0 Å². The second kappa shape index (κ2) is 7.56. The molecule has 0 radical (unpaired) electrons. The third kappa shape index (κ3) is 3.62. The standard InChI is InChI=1S/C19H27N7O/c20-18(24-21)13-3-5-14(6-4-13)23-19(27)16-12-22-26-10-7-15(11-17(16)26)25-8-1-2-9-25/h7,10-14H,1-6,8-9,21H2,(H2,20,24)(H,23,27). The number of nitrogens with one attached hydrogen (secondary N) is 3. The molecule has 1 aliphatic heterocycles. The van der Waals surface area contributed by atoms with Crippen LogP contribution < -0.4 is 21.5 Å². The Morgan fingerprint density at radius 1 is 1.22 bits per heavy atom. The molecule has 8 heteroatoms. The normalized spacial score (nSPS) is 22.8. The molecule has 1 amide bonds. The van der Waals surface area contributed by atoms with E-state index in [2.05, 4.69) is 32.9 Å². The van der Waals surface area contributed by atoms with Gasteiger partial charge in [-0.15, -0.1) is 0 Å². The summed E-state index contributed by atoms with van der Waals surface area (Å²) in [6.45, 7) is 2.14. The van der Waals surface area contributed by atoms with E-state index in [1.807, 2.05) is 6.20 Å². The van der Waals surface area contributed by atoms with Crippen molar-refractivity contribution in [2.45, 2.75) is 44.6 Å². The largest absolute Gasteiger partial charge is 0.371 e. The number of carbonyl (C=O) groups is 1. The number of rotatable bonds is 4. The number of anilines is 1. The highest BCUT2D eigenvalue weighted by Gasteiger charge is 2.26. The Morgan fingerprint density at radius 3 is 2.67 bits per heavy atom. The molecule has 2 aromatic rings. The Kier molecular flexibility index (Phi) is 4.98. The van der Waals surface area contributed by atoms with Crippen molar-refractivity contribution < 1.29 is 4.79 Å². The highest BCUT2D eigenvalue weighted by Crippen LogP contribution is 2.26. The van der Waals surface area contributed by atoms with Crippen LogP contribution in [0.3, 0.4) is 0 Å². The SMILES string of the molecule is N=C(NN)C1CCC(NC(=O)c2cnn3ccc(N4CCCC4)cc23)CC1. The summed E-state index contributed by atoms with van der Waals surface area (Å²) in [5.41, 5.74) is 5.06. The first kappa shape index (κ1) is 17.8. The lowest BCUT2D eigenvalue weighted by atomic mass is 9.85. The number of amides is 1. The summed E-state index contributed by atoms with van der Waals surface area (Å²) in [6, 6.07) is 4.27. The van der Waals surface area contributed by atoms with E-state index in [0.29, 0.717) is 11.4 Å². The van der Waals surface area contributed by atoms with Crippen molar-refractivity contribution in [3.63, 3.8) is 0 Å². The number of aromatic nitrogens is 2. The monoisotopic (exact) mass is 369 g/mol.